The molecule has 0 saturated carbocycles. The van der Waals surface area contributed by atoms with Crippen molar-refractivity contribution in [2.45, 2.75) is 33.2 Å². The molecule has 4 heteroatoms. The summed E-state index contributed by atoms with van der Waals surface area (Å²) in [6, 6.07) is 4.24. The van der Waals surface area contributed by atoms with Crippen molar-refractivity contribution in [2.75, 3.05) is 0 Å². The van der Waals surface area contributed by atoms with Gasteiger partial charge in [-0.1, -0.05) is 6.07 Å². The molecule has 2 rings (SSSR count). The van der Waals surface area contributed by atoms with Crippen LogP contribution < -0.4 is 5.73 Å². The molecule has 0 bridgehead atoms. The van der Waals surface area contributed by atoms with Gasteiger partial charge in [-0.25, -0.2) is 9.97 Å². The summed E-state index contributed by atoms with van der Waals surface area (Å²) < 4.78 is 1.99. The topological polar surface area (TPSA) is 56.7 Å². The minimum absolute atomic E-state index is 0.167. The fourth-order valence-electron chi connectivity index (χ4n) is 1.78. The van der Waals surface area contributed by atoms with Crippen LogP contribution in [0.1, 0.15) is 23.9 Å². The molecule has 0 radical (unpaired) electrons. The monoisotopic (exact) mass is 230 g/mol. The standard InChI is InChI=1S/C13H18N4/c1-9(14)6-12-4-5-13(15-7-12)17-8-16-10(2)11(17)3/h4-5,7-9H,6,14H2,1-3H3. The van der Waals surface area contributed by atoms with Crippen molar-refractivity contribution in [1.29, 1.82) is 0 Å². The van der Waals surface area contributed by atoms with E-state index in [1.165, 1.54) is 5.56 Å². The van der Waals surface area contributed by atoms with Gasteiger partial charge in [-0.15, -0.1) is 0 Å². The number of rotatable bonds is 3. The molecule has 0 fully saturated rings. The molecule has 2 heterocycles. The summed E-state index contributed by atoms with van der Waals surface area (Å²) in [4.78, 5) is 8.71. The van der Waals surface area contributed by atoms with E-state index < -0.39 is 0 Å². The Morgan fingerprint density at radius 1 is 1.29 bits per heavy atom. The molecule has 2 N–H and O–H groups in total. The number of aromatic nitrogens is 3. The normalized spacial score (nSPS) is 12.7. The predicted molar refractivity (Wildman–Crippen MR) is 68.2 cm³/mol. The molecule has 2 aromatic heterocycles. The van der Waals surface area contributed by atoms with Crippen molar-refractivity contribution in [1.82, 2.24) is 14.5 Å². The molecule has 0 aliphatic rings. The fourth-order valence-corrected chi connectivity index (χ4v) is 1.78. The highest BCUT2D eigenvalue weighted by Gasteiger charge is 2.05. The third kappa shape index (κ3) is 2.53. The number of hydrogen-bond acceptors (Lipinski definition) is 3. The molecular weight excluding hydrogens is 212 g/mol. The van der Waals surface area contributed by atoms with Gasteiger partial charge in [0.2, 0.25) is 0 Å². The first-order chi connectivity index (χ1) is 8.08. The quantitative estimate of drug-likeness (QED) is 0.874. The maximum absolute atomic E-state index is 5.76. The van der Waals surface area contributed by atoms with E-state index in [2.05, 4.69) is 16.0 Å². The summed E-state index contributed by atoms with van der Waals surface area (Å²) in [7, 11) is 0. The Kier molecular flexibility index (Phi) is 3.24. The Hall–Kier alpha value is -1.68. The lowest BCUT2D eigenvalue weighted by Gasteiger charge is -2.07. The van der Waals surface area contributed by atoms with Gasteiger partial charge >= 0.3 is 0 Å². The molecule has 1 unspecified atom stereocenters. The van der Waals surface area contributed by atoms with Crippen molar-refractivity contribution in [3.05, 3.63) is 41.6 Å². The van der Waals surface area contributed by atoms with E-state index in [0.717, 1.165) is 23.6 Å². The number of imidazole rings is 1. The van der Waals surface area contributed by atoms with Gasteiger partial charge in [0, 0.05) is 17.9 Å². The van der Waals surface area contributed by atoms with Gasteiger partial charge in [-0.3, -0.25) is 4.57 Å². The van der Waals surface area contributed by atoms with Crippen molar-refractivity contribution < 1.29 is 0 Å². The van der Waals surface area contributed by atoms with Crippen LogP contribution >= 0.6 is 0 Å². The van der Waals surface area contributed by atoms with E-state index in [1.54, 1.807) is 6.33 Å². The molecule has 2 aromatic rings. The number of aryl methyl sites for hydroxylation is 1. The van der Waals surface area contributed by atoms with Gasteiger partial charge in [0.15, 0.2) is 0 Å². The zero-order valence-electron chi connectivity index (χ0n) is 10.5. The van der Waals surface area contributed by atoms with Crippen LogP contribution in [0.15, 0.2) is 24.7 Å². The molecule has 17 heavy (non-hydrogen) atoms. The first kappa shape index (κ1) is 11.8. The fraction of sp³-hybridized carbons (Fsp3) is 0.385. The first-order valence-electron chi connectivity index (χ1n) is 5.79. The van der Waals surface area contributed by atoms with Gasteiger partial charge in [0.1, 0.15) is 12.1 Å². The SMILES string of the molecule is Cc1ncn(-c2ccc(CC(C)N)cn2)c1C. The lowest BCUT2D eigenvalue weighted by atomic mass is 10.1. The van der Waals surface area contributed by atoms with E-state index in [4.69, 9.17) is 5.73 Å². The highest BCUT2D eigenvalue weighted by Crippen LogP contribution is 2.12. The predicted octanol–water partition coefficient (Wildman–Crippen LogP) is 1.77. The number of hydrogen-bond donors (Lipinski definition) is 1. The van der Waals surface area contributed by atoms with Gasteiger partial charge in [-0.2, -0.15) is 0 Å². The van der Waals surface area contributed by atoms with Gasteiger partial charge in [0.05, 0.1) is 5.69 Å². The third-order valence-corrected chi connectivity index (χ3v) is 2.87. The maximum Gasteiger partial charge on any atom is 0.138 e. The molecule has 0 aliphatic heterocycles. The van der Waals surface area contributed by atoms with Crippen molar-refractivity contribution in [2.24, 2.45) is 5.73 Å². The zero-order valence-corrected chi connectivity index (χ0v) is 10.5. The first-order valence-corrected chi connectivity index (χ1v) is 5.79. The lowest BCUT2D eigenvalue weighted by Crippen LogP contribution is -2.17. The summed E-state index contributed by atoms with van der Waals surface area (Å²) >= 11 is 0. The second kappa shape index (κ2) is 4.67. The highest BCUT2D eigenvalue weighted by molar-refractivity contribution is 5.29. The molecule has 0 aliphatic carbocycles. The maximum atomic E-state index is 5.76. The average molecular weight is 230 g/mol. The lowest BCUT2D eigenvalue weighted by molar-refractivity contribution is 0.734. The molecule has 0 saturated heterocycles. The van der Waals surface area contributed by atoms with Crippen LogP contribution in [-0.2, 0) is 6.42 Å². The Morgan fingerprint density at radius 2 is 2.06 bits per heavy atom. The van der Waals surface area contributed by atoms with E-state index in [9.17, 15) is 0 Å². The largest absolute Gasteiger partial charge is 0.328 e. The Labute approximate surface area is 102 Å². The Morgan fingerprint density at radius 3 is 2.53 bits per heavy atom. The Balaban J connectivity index is 2.26. The van der Waals surface area contributed by atoms with Crippen molar-refractivity contribution in [3.8, 4) is 5.82 Å². The van der Waals surface area contributed by atoms with E-state index in [1.807, 2.05) is 37.6 Å². The molecule has 90 valence electrons. The van der Waals surface area contributed by atoms with Gasteiger partial charge < -0.3 is 5.73 Å². The highest BCUT2D eigenvalue weighted by atomic mass is 15.1. The summed E-state index contributed by atoms with van der Waals surface area (Å²) in [5.41, 5.74) is 9.08. The molecule has 1 atom stereocenters. The van der Waals surface area contributed by atoms with Crippen LogP contribution in [0, 0.1) is 13.8 Å². The van der Waals surface area contributed by atoms with Crippen LogP contribution in [0.4, 0.5) is 0 Å². The van der Waals surface area contributed by atoms with Gasteiger partial charge in [-0.05, 0) is 38.8 Å². The van der Waals surface area contributed by atoms with E-state index >= 15 is 0 Å². The molecular formula is C13H18N4. The van der Waals surface area contributed by atoms with Gasteiger partial charge in [0.25, 0.3) is 0 Å². The zero-order chi connectivity index (χ0) is 12.4. The average Bonchev–Trinajstić information content (AvgIpc) is 2.60. The minimum Gasteiger partial charge on any atom is -0.328 e. The van der Waals surface area contributed by atoms with Crippen molar-refractivity contribution >= 4 is 0 Å². The number of nitrogens with two attached hydrogens (primary N) is 1. The molecule has 0 aromatic carbocycles. The van der Waals surface area contributed by atoms with E-state index in [-0.39, 0.29) is 6.04 Å². The van der Waals surface area contributed by atoms with Crippen LogP contribution in [-0.4, -0.2) is 20.6 Å². The van der Waals surface area contributed by atoms with E-state index in [0.29, 0.717) is 0 Å². The second-order valence-corrected chi connectivity index (χ2v) is 4.49. The number of pyridine rings is 1. The summed E-state index contributed by atoms with van der Waals surface area (Å²) in [6.07, 6.45) is 4.54. The number of nitrogens with zero attached hydrogens (tertiary/aromatic N) is 3. The smallest absolute Gasteiger partial charge is 0.138 e. The molecule has 0 spiro atoms. The molecule has 0 amide bonds. The molecule has 4 nitrogen and oxygen atoms in total. The Bertz CT molecular complexity index is 497. The van der Waals surface area contributed by atoms with Crippen LogP contribution in [0.5, 0.6) is 0 Å². The van der Waals surface area contributed by atoms with Crippen LogP contribution in [0.3, 0.4) is 0 Å². The van der Waals surface area contributed by atoms with Crippen molar-refractivity contribution in [3.63, 3.8) is 0 Å². The second-order valence-electron chi connectivity index (χ2n) is 4.49. The summed E-state index contributed by atoms with van der Waals surface area (Å²) in [6.45, 7) is 6.04. The third-order valence-electron chi connectivity index (χ3n) is 2.87. The summed E-state index contributed by atoms with van der Waals surface area (Å²) in [5, 5.41) is 0. The van der Waals surface area contributed by atoms with Crippen LogP contribution in [0.25, 0.3) is 5.82 Å². The minimum atomic E-state index is 0.167. The van der Waals surface area contributed by atoms with Crippen LogP contribution in [0.2, 0.25) is 0 Å². The summed E-state index contributed by atoms with van der Waals surface area (Å²) in [5.74, 6) is 0.900.